The monoisotopic (exact) mass is 732 g/mol. The van der Waals surface area contributed by atoms with Gasteiger partial charge in [0.1, 0.15) is 0 Å². The molecule has 1 saturated carbocycles. The lowest BCUT2D eigenvalue weighted by Crippen LogP contribution is -2.52. The van der Waals surface area contributed by atoms with Crippen LogP contribution in [0.1, 0.15) is 62.5 Å². The van der Waals surface area contributed by atoms with E-state index in [-0.39, 0.29) is 24.3 Å². The number of ether oxygens (including phenoxy) is 8. The number of piperidine rings is 2. The maximum Gasteiger partial charge on any atom is 0.209 e. The summed E-state index contributed by atoms with van der Waals surface area (Å²) in [6.45, 7) is 3.19. The van der Waals surface area contributed by atoms with Gasteiger partial charge in [0.15, 0.2) is 23.0 Å². The van der Waals surface area contributed by atoms with E-state index in [2.05, 4.69) is 9.80 Å². The Bertz CT molecular complexity index is 1470. The van der Waals surface area contributed by atoms with Crippen molar-refractivity contribution in [3.8, 4) is 23.0 Å². The molecule has 292 valence electrons. The molecule has 2 heterocycles. The zero-order valence-corrected chi connectivity index (χ0v) is 31.8. The molecule has 1 aliphatic carbocycles. The van der Waals surface area contributed by atoms with Crippen molar-refractivity contribution >= 4 is 11.4 Å². The number of rotatable bonds is 19. The summed E-state index contributed by atoms with van der Waals surface area (Å²) in [6, 6.07) is 7.07. The number of aliphatic hydroxyl groups excluding tert-OH is 2. The number of hydrogen-bond acceptors (Lipinski definition) is 14. The standard InChI is InChI=1S/C38H60N4O10/c1-45-31-18-27(37(47-3,48-4)24-41-14-9-7-12-26(41)23-43)29(39)20-33(31)51-16-11-17-52-34-21-30(40)28(19-32(34)46-2)38(49-5,50-6)25-42-15-10-8-13-36(42)22-35(36)44/h18-21,26,35,43-44H,7-17,22-25,39-40H2,1-6H3/t26-,35+,36?/m0/s1. The summed E-state index contributed by atoms with van der Waals surface area (Å²) < 4.78 is 47.7. The van der Waals surface area contributed by atoms with Crippen LogP contribution in [-0.2, 0) is 30.5 Å². The Morgan fingerprint density at radius 1 is 0.731 bits per heavy atom. The Labute approximate surface area is 308 Å². The van der Waals surface area contributed by atoms with Crippen LogP contribution in [0.15, 0.2) is 24.3 Å². The van der Waals surface area contributed by atoms with Crippen LogP contribution in [0.3, 0.4) is 0 Å². The molecule has 2 aliphatic heterocycles. The van der Waals surface area contributed by atoms with Crippen LogP contribution in [0, 0.1) is 0 Å². The highest BCUT2D eigenvalue weighted by Gasteiger charge is 2.59. The fourth-order valence-corrected chi connectivity index (χ4v) is 8.04. The van der Waals surface area contributed by atoms with Gasteiger partial charge < -0.3 is 59.6 Å². The van der Waals surface area contributed by atoms with E-state index in [0.29, 0.717) is 78.2 Å². The number of nitrogen functional groups attached to an aromatic ring is 2. The number of nitrogens with zero attached hydrogens (tertiary/aromatic N) is 2. The van der Waals surface area contributed by atoms with Crippen LogP contribution < -0.4 is 30.4 Å². The average Bonchev–Trinajstić information content (AvgIpc) is 3.82. The van der Waals surface area contributed by atoms with Crippen molar-refractivity contribution in [2.45, 2.75) is 80.6 Å². The highest BCUT2D eigenvalue weighted by Crippen LogP contribution is 2.50. The Kier molecular flexibility index (Phi) is 13.4. The van der Waals surface area contributed by atoms with Crippen molar-refractivity contribution in [3.05, 3.63) is 35.4 Å². The SMILES string of the molecule is COc1cc(C(CN2CCCC[C@H]2CO)(OC)OC)c(N)cc1OCCCOc1cc(N)c(C(CN2CCCCC23C[C@H]3O)(OC)OC)cc1OC. The lowest BCUT2D eigenvalue weighted by molar-refractivity contribution is -0.231. The minimum atomic E-state index is -1.17. The lowest BCUT2D eigenvalue weighted by atomic mass is 9.95. The Morgan fingerprint density at radius 3 is 1.73 bits per heavy atom. The number of nitrogens with two attached hydrogens (primary N) is 2. The molecule has 3 aliphatic rings. The summed E-state index contributed by atoms with van der Waals surface area (Å²) in [5.74, 6) is -0.413. The van der Waals surface area contributed by atoms with Gasteiger partial charge >= 0.3 is 0 Å². The van der Waals surface area contributed by atoms with E-state index < -0.39 is 11.6 Å². The van der Waals surface area contributed by atoms with Crippen molar-refractivity contribution in [1.82, 2.24) is 9.80 Å². The van der Waals surface area contributed by atoms with Crippen LogP contribution in [0.5, 0.6) is 23.0 Å². The molecule has 2 aromatic rings. The van der Waals surface area contributed by atoms with E-state index in [9.17, 15) is 10.2 Å². The normalized spacial score (nSPS) is 22.8. The van der Waals surface area contributed by atoms with Gasteiger partial charge in [-0.1, -0.05) is 12.8 Å². The van der Waals surface area contributed by atoms with Crippen LogP contribution >= 0.6 is 0 Å². The maximum atomic E-state index is 10.5. The summed E-state index contributed by atoms with van der Waals surface area (Å²) in [5, 5.41) is 20.5. The summed E-state index contributed by atoms with van der Waals surface area (Å²) in [5.41, 5.74) is 15.1. The topological polar surface area (TPSA) is 173 Å². The third-order valence-corrected chi connectivity index (χ3v) is 11.3. The predicted molar refractivity (Wildman–Crippen MR) is 197 cm³/mol. The second-order valence-electron chi connectivity index (χ2n) is 14.1. The minimum Gasteiger partial charge on any atom is -0.493 e. The maximum absolute atomic E-state index is 10.5. The van der Waals surface area contributed by atoms with Crippen molar-refractivity contribution in [2.75, 3.05) is 100 Å². The molecule has 0 aromatic heterocycles. The molecule has 5 rings (SSSR count). The summed E-state index contributed by atoms with van der Waals surface area (Å²) in [6.07, 6.45) is 7.06. The Morgan fingerprint density at radius 2 is 1.25 bits per heavy atom. The molecule has 14 nitrogen and oxygen atoms in total. The van der Waals surface area contributed by atoms with Gasteiger partial charge in [0.05, 0.1) is 53.2 Å². The first-order valence-electron chi connectivity index (χ1n) is 18.3. The fraction of sp³-hybridized carbons (Fsp3) is 0.684. The number of likely N-dealkylation sites (tertiary alicyclic amines) is 2. The van der Waals surface area contributed by atoms with Crippen LogP contribution in [0.25, 0.3) is 0 Å². The van der Waals surface area contributed by atoms with Gasteiger partial charge in [-0.3, -0.25) is 9.80 Å². The van der Waals surface area contributed by atoms with Gasteiger partial charge in [0.2, 0.25) is 11.6 Å². The van der Waals surface area contributed by atoms with Crippen molar-refractivity contribution in [2.24, 2.45) is 0 Å². The number of aliphatic hydroxyl groups is 2. The third-order valence-electron chi connectivity index (χ3n) is 11.3. The largest absolute Gasteiger partial charge is 0.493 e. The van der Waals surface area contributed by atoms with Crippen LogP contribution in [0.4, 0.5) is 11.4 Å². The van der Waals surface area contributed by atoms with E-state index in [4.69, 9.17) is 49.4 Å². The van der Waals surface area contributed by atoms with Gasteiger partial charge in [-0.2, -0.15) is 0 Å². The first-order valence-corrected chi connectivity index (χ1v) is 18.3. The number of methoxy groups -OCH3 is 6. The van der Waals surface area contributed by atoms with Gasteiger partial charge in [-0.25, -0.2) is 0 Å². The van der Waals surface area contributed by atoms with Crippen LogP contribution in [-0.4, -0.2) is 126 Å². The fourth-order valence-electron chi connectivity index (χ4n) is 8.04. The van der Waals surface area contributed by atoms with Gasteiger partial charge in [-0.15, -0.1) is 0 Å². The van der Waals surface area contributed by atoms with Crippen LogP contribution in [0.2, 0.25) is 0 Å². The number of benzene rings is 2. The van der Waals surface area contributed by atoms with Gasteiger partial charge in [-0.05, 0) is 57.3 Å². The molecule has 52 heavy (non-hydrogen) atoms. The van der Waals surface area contributed by atoms with Gasteiger partial charge in [0.25, 0.3) is 0 Å². The third kappa shape index (κ3) is 8.04. The molecular formula is C38H60N4O10. The zero-order valence-electron chi connectivity index (χ0n) is 31.8. The van der Waals surface area contributed by atoms with Crippen molar-refractivity contribution in [1.29, 1.82) is 0 Å². The summed E-state index contributed by atoms with van der Waals surface area (Å²) in [4.78, 5) is 4.48. The molecule has 3 atom stereocenters. The molecule has 0 radical (unpaired) electrons. The first-order chi connectivity index (χ1) is 25.1. The zero-order chi connectivity index (χ0) is 37.5. The summed E-state index contributed by atoms with van der Waals surface area (Å²) >= 11 is 0. The van der Waals surface area contributed by atoms with Crippen molar-refractivity contribution in [3.63, 3.8) is 0 Å². The first kappa shape index (κ1) is 40.1. The summed E-state index contributed by atoms with van der Waals surface area (Å²) in [7, 11) is 9.52. The molecule has 1 unspecified atom stereocenters. The second-order valence-corrected chi connectivity index (χ2v) is 14.1. The van der Waals surface area contributed by atoms with E-state index >= 15 is 0 Å². The van der Waals surface area contributed by atoms with E-state index in [1.807, 2.05) is 0 Å². The molecule has 2 aromatic carbocycles. The smallest absolute Gasteiger partial charge is 0.209 e. The molecule has 0 amide bonds. The molecule has 2 saturated heterocycles. The molecular weight excluding hydrogens is 672 g/mol. The Hall–Kier alpha value is -3.08. The molecule has 3 fully saturated rings. The lowest BCUT2D eigenvalue weighted by Gasteiger charge is -2.43. The second kappa shape index (κ2) is 17.4. The number of hydrogen-bond donors (Lipinski definition) is 4. The number of anilines is 2. The van der Waals surface area contributed by atoms with Crippen molar-refractivity contribution < 1.29 is 48.1 Å². The average molecular weight is 733 g/mol. The van der Waals surface area contributed by atoms with E-state index in [0.717, 1.165) is 58.0 Å². The molecule has 0 bridgehead atoms. The molecule has 6 N–H and O–H groups in total. The molecule has 1 spiro atoms. The van der Waals surface area contributed by atoms with E-state index in [1.165, 1.54) is 0 Å². The highest BCUT2D eigenvalue weighted by atomic mass is 16.7. The quantitative estimate of drug-likeness (QED) is 0.0940. The van der Waals surface area contributed by atoms with Gasteiger partial charge in [0, 0.05) is 81.1 Å². The molecule has 14 heteroatoms. The van der Waals surface area contributed by atoms with E-state index in [1.54, 1.807) is 66.9 Å². The Balaban J connectivity index is 1.23. The highest BCUT2D eigenvalue weighted by molar-refractivity contribution is 5.61. The minimum absolute atomic E-state index is 0.0279. The predicted octanol–water partition coefficient (Wildman–Crippen LogP) is 3.44.